The number of ether oxygens (including phenoxy) is 2. The van der Waals surface area contributed by atoms with Gasteiger partial charge in [0.05, 0.1) is 19.4 Å². The average Bonchev–Trinajstić information content (AvgIpc) is 2.70. The Morgan fingerprint density at radius 2 is 2.19 bits per heavy atom. The molecule has 16 heavy (non-hydrogen) atoms. The highest BCUT2D eigenvalue weighted by Gasteiger charge is 2.24. The SMILES string of the molecule is CCOC(C)C(O)c1c(OC)cnn1CC. The summed E-state index contributed by atoms with van der Waals surface area (Å²) in [6.45, 7) is 6.96. The van der Waals surface area contributed by atoms with E-state index >= 15 is 0 Å². The number of rotatable bonds is 6. The Labute approximate surface area is 96.0 Å². The van der Waals surface area contributed by atoms with Crippen molar-refractivity contribution in [3.8, 4) is 5.75 Å². The molecule has 2 atom stereocenters. The highest BCUT2D eigenvalue weighted by atomic mass is 16.5. The lowest BCUT2D eigenvalue weighted by Crippen LogP contribution is -2.22. The largest absolute Gasteiger partial charge is 0.493 e. The summed E-state index contributed by atoms with van der Waals surface area (Å²) in [5.74, 6) is 0.598. The smallest absolute Gasteiger partial charge is 0.162 e. The van der Waals surface area contributed by atoms with Gasteiger partial charge in [0.15, 0.2) is 5.75 Å². The van der Waals surface area contributed by atoms with Crippen molar-refractivity contribution in [1.82, 2.24) is 9.78 Å². The number of aliphatic hydroxyl groups excluding tert-OH is 1. The minimum absolute atomic E-state index is 0.277. The number of aliphatic hydroxyl groups is 1. The lowest BCUT2D eigenvalue weighted by atomic mass is 10.1. The molecular formula is C11H20N2O3. The molecule has 0 saturated carbocycles. The maximum Gasteiger partial charge on any atom is 0.162 e. The van der Waals surface area contributed by atoms with Crippen molar-refractivity contribution in [2.45, 2.75) is 39.5 Å². The molecule has 0 aliphatic carbocycles. The monoisotopic (exact) mass is 228 g/mol. The van der Waals surface area contributed by atoms with E-state index in [0.29, 0.717) is 24.6 Å². The molecule has 0 fully saturated rings. The van der Waals surface area contributed by atoms with Crippen LogP contribution >= 0.6 is 0 Å². The lowest BCUT2D eigenvalue weighted by Gasteiger charge is -2.20. The molecule has 1 aromatic heterocycles. The molecule has 5 heteroatoms. The molecule has 2 unspecified atom stereocenters. The Morgan fingerprint density at radius 3 is 2.69 bits per heavy atom. The van der Waals surface area contributed by atoms with E-state index < -0.39 is 6.10 Å². The Hall–Kier alpha value is -1.07. The third kappa shape index (κ3) is 2.54. The van der Waals surface area contributed by atoms with E-state index in [4.69, 9.17) is 9.47 Å². The number of aromatic nitrogens is 2. The van der Waals surface area contributed by atoms with Crippen molar-refractivity contribution >= 4 is 0 Å². The van der Waals surface area contributed by atoms with E-state index in [9.17, 15) is 5.11 Å². The van der Waals surface area contributed by atoms with E-state index in [1.165, 1.54) is 0 Å². The van der Waals surface area contributed by atoms with E-state index in [0.717, 1.165) is 0 Å². The standard InChI is InChI=1S/C11H20N2O3/c1-5-13-10(9(15-4)7-12-13)11(14)8(3)16-6-2/h7-8,11,14H,5-6H2,1-4H3. The molecule has 0 amide bonds. The van der Waals surface area contributed by atoms with E-state index in [1.807, 2.05) is 20.8 Å². The van der Waals surface area contributed by atoms with Crippen LogP contribution in [0, 0.1) is 0 Å². The van der Waals surface area contributed by atoms with Gasteiger partial charge in [-0.1, -0.05) is 0 Å². The first-order valence-electron chi connectivity index (χ1n) is 5.55. The van der Waals surface area contributed by atoms with Crippen LogP contribution in [0.1, 0.15) is 32.6 Å². The summed E-state index contributed by atoms with van der Waals surface area (Å²) in [5.41, 5.74) is 0.672. The first kappa shape index (κ1) is 13.0. The molecule has 1 rings (SSSR count). The Balaban J connectivity index is 2.95. The van der Waals surface area contributed by atoms with Crippen LogP contribution in [0.4, 0.5) is 0 Å². The molecule has 0 aliphatic rings. The second kappa shape index (κ2) is 5.86. The third-order valence-electron chi connectivity index (χ3n) is 2.52. The summed E-state index contributed by atoms with van der Waals surface area (Å²) in [5, 5.41) is 14.3. The highest BCUT2D eigenvalue weighted by molar-refractivity contribution is 5.27. The van der Waals surface area contributed by atoms with Gasteiger partial charge in [0.2, 0.25) is 0 Å². The molecule has 0 aromatic carbocycles. The van der Waals surface area contributed by atoms with Crippen molar-refractivity contribution in [2.24, 2.45) is 0 Å². The molecule has 5 nitrogen and oxygen atoms in total. The maximum absolute atomic E-state index is 10.2. The van der Waals surface area contributed by atoms with Gasteiger partial charge >= 0.3 is 0 Å². The highest BCUT2D eigenvalue weighted by Crippen LogP contribution is 2.28. The Kier molecular flexibility index (Phi) is 4.76. The van der Waals surface area contributed by atoms with Gasteiger partial charge in [-0.3, -0.25) is 4.68 Å². The van der Waals surface area contributed by atoms with Crippen LogP contribution in [0.25, 0.3) is 0 Å². The van der Waals surface area contributed by atoms with Crippen LogP contribution in [0.5, 0.6) is 5.75 Å². The van der Waals surface area contributed by atoms with Crippen molar-refractivity contribution in [3.05, 3.63) is 11.9 Å². The minimum Gasteiger partial charge on any atom is -0.493 e. The second-order valence-electron chi connectivity index (χ2n) is 3.52. The summed E-state index contributed by atoms with van der Waals surface area (Å²) in [7, 11) is 1.57. The van der Waals surface area contributed by atoms with E-state index in [1.54, 1.807) is 18.0 Å². The molecule has 1 heterocycles. The van der Waals surface area contributed by atoms with Crippen LogP contribution in [0.2, 0.25) is 0 Å². The zero-order valence-electron chi connectivity index (χ0n) is 10.3. The number of methoxy groups -OCH3 is 1. The second-order valence-corrected chi connectivity index (χ2v) is 3.52. The Bertz CT molecular complexity index is 304. The molecule has 0 spiro atoms. The minimum atomic E-state index is -0.725. The van der Waals surface area contributed by atoms with Gasteiger partial charge in [-0.25, -0.2) is 0 Å². The number of hydrogen-bond acceptors (Lipinski definition) is 4. The van der Waals surface area contributed by atoms with Gasteiger partial charge in [0.1, 0.15) is 11.8 Å². The summed E-state index contributed by atoms with van der Waals surface area (Å²) in [6.07, 6.45) is 0.610. The molecule has 0 aliphatic heterocycles. The zero-order valence-corrected chi connectivity index (χ0v) is 10.3. The van der Waals surface area contributed by atoms with Crippen LogP contribution in [-0.2, 0) is 11.3 Å². The first-order chi connectivity index (χ1) is 7.65. The first-order valence-corrected chi connectivity index (χ1v) is 5.55. The van der Waals surface area contributed by atoms with Gasteiger partial charge in [-0.05, 0) is 20.8 Å². The van der Waals surface area contributed by atoms with Crippen LogP contribution in [0.15, 0.2) is 6.20 Å². The Morgan fingerprint density at radius 1 is 1.50 bits per heavy atom. The molecule has 1 aromatic rings. The topological polar surface area (TPSA) is 56.5 Å². The molecule has 1 N–H and O–H groups in total. The van der Waals surface area contributed by atoms with Gasteiger partial charge in [0, 0.05) is 13.2 Å². The zero-order chi connectivity index (χ0) is 12.1. The fourth-order valence-electron chi connectivity index (χ4n) is 1.66. The predicted molar refractivity (Wildman–Crippen MR) is 60.5 cm³/mol. The van der Waals surface area contributed by atoms with Gasteiger partial charge in [-0.15, -0.1) is 0 Å². The van der Waals surface area contributed by atoms with Gasteiger partial charge in [0.25, 0.3) is 0 Å². The number of aryl methyl sites for hydroxylation is 1. The van der Waals surface area contributed by atoms with Crippen molar-refractivity contribution < 1.29 is 14.6 Å². The fraction of sp³-hybridized carbons (Fsp3) is 0.727. The fourth-order valence-corrected chi connectivity index (χ4v) is 1.66. The maximum atomic E-state index is 10.2. The molecule has 0 saturated heterocycles. The summed E-state index contributed by atoms with van der Waals surface area (Å²) in [4.78, 5) is 0. The van der Waals surface area contributed by atoms with Crippen LogP contribution < -0.4 is 4.74 Å². The molecular weight excluding hydrogens is 208 g/mol. The average molecular weight is 228 g/mol. The number of hydrogen-bond donors (Lipinski definition) is 1. The third-order valence-corrected chi connectivity index (χ3v) is 2.52. The van der Waals surface area contributed by atoms with E-state index in [2.05, 4.69) is 5.10 Å². The van der Waals surface area contributed by atoms with Crippen LogP contribution in [-0.4, -0.2) is 34.7 Å². The summed E-state index contributed by atoms with van der Waals surface area (Å²) < 4.78 is 12.3. The predicted octanol–water partition coefficient (Wildman–Crippen LogP) is 1.37. The normalized spacial score (nSPS) is 14.8. The van der Waals surface area contributed by atoms with Crippen molar-refractivity contribution in [3.63, 3.8) is 0 Å². The van der Waals surface area contributed by atoms with Gasteiger partial charge < -0.3 is 14.6 Å². The van der Waals surface area contributed by atoms with E-state index in [-0.39, 0.29) is 6.10 Å². The number of nitrogens with zero attached hydrogens (tertiary/aromatic N) is 2. The molecule has 92 valence electrons. The van der Waals surface area contributed by atoms with Crippen molar-refractivity contribution in [1.29, 1.82) is 0 Å². The summed E-state index contributed by atoms with van der Waals surface area (Å²) >= 11 is 0. The summed E-state index contributed by atoms with van der Waals surface area (Å²) in [6, 6.07) is 0. The lowest BCUT2D eigenvalue weighted by molar-refractivity contribution is -0.0274. The van der Waals surface area contributed by atoms with Crippen molar-refractivity contribution in [2.75, 3.05) is 13.7 Å². The molecule has 0 radical (unpaired) electrons. The van der Waals surface area contributed by atoms with Gasteiger partial charge in [-0.2, -0.15) is 5.10 Å². The molecule has 0 bridgehead atoms. The quantitative estimate of drug-likeness (QED) is 0.799. The van der Waals surface area contributed by atoms with Crippen LogP contribution in [0.3, 0.4) is 0 Å².